The van der Waals surface area contributed by atoms with Gasteiger partial charge >= 0.3 is 0 Å². The van der Waals surface area contributed by atoms with E-state index in [1.54, 1.807) is 0 Å². The fourth-order valence-corrected chi connectivity index (χ4v) is 3.14. The molecule has 2 atom stereocenters. The van der Waals surface area contributed by atoms with Crippen molar-refractivity contribution < 1.29 is 4.74 Å². The monoisotopic (exact) mass is 290 g/mol. The minimum atomic E-state index is 0.163. The summed E-state index contributed by atoms with van der Waals surface area (Å²) in [5.41, 5.74) is 1.58. The van der Waals surface area contributed by atoms with E-state index in [9.17, 15) is 0 Å². The summed E-state index contributed by atoms with van der Waals surface area (Å²) in [7, 11) is 0. The zero-order valence-electron chi connectivity index (χ0n) is 14.6. The summed E-state index contributed by atoms with van der Waals surface area (Å²) in [6.45, 7) is 16.9. The number of nitrogens with zero attached hydrogens (tertiary/aromatic N) is 2. The maximum atomic E-state index is 6.13. The average Bonchev–Trinajstić information content (AvgIpc) is 2.76. The predicted molar refractivity (Wildman–Crippen MR) is 87.7 cm³/mol. The molecule has 1 aliphatic heterocycles. The van der Waals surface area contributed by atoms with Crippen molar-refractivity contribution in [1.82, 2.24) is 9.88 Å². The summed E-state index contributed by atoms with van der Waals surface area (Å²) < 4.78 is 6.13. The van der Waals surface area contributed by atoms with E-state index in [2.05, 4.69) is 57.5 Å². The van der Waals surface area contributed by atoms with Crippen molar-refractivity contribution in [3.05, 3.63) is 23.9 Å². The molecule has 2 heterocycles. The Bertz CT molecular complexity index is 445. The first-order valence-electron chi connectivity index (χ1n) is 7.93. The molecule has 3 heteroatoms. The molecule has 0 aliphatic carbocycles. The summed E-state index contributed by atoms with van der Waals surface area (Å²) in [6.07, 6.45) is 3.16. The minimum absolute atomic E-state index is 0.163. The molecule has 1 aromatic heterocycles. The van der Waals surface area contributed by atoms with E-state index < -0.39 is 0 Å². The molecule has 0 aromatic carbocycles. The molecular weight excluding hydrogens is 260 g/mol. The minimum Gasteiger partial charge on any atom is -0.473 e. The van der Waals surface area contributed by atoms with Crippen molar-refractivity contribution in [2.75, 3.05) is 6.54 Å². The van der Waals surface area contributed by atoms with Crippen LogP contribution in [0.5, 0.6) is 5.88 Å². The molecule has 2 rings (SSSR count). The van der Waals surface area contributed by atoms with Crippen molar-refractivity contribution in [2.45, 2.75) is 72.6 Å². The van der Waals surface area contributed by atoms with Crippen molar-refractivity contribution in [1.29, 1.82) is 0 Å². The van der Waals surface area contributed by atoms with Gasteiger partial charge < -0.3 is 4.74 Å². The van der Waals surface area contributed by atoms with Crippen molar-refractivity contribution in [2.24, 2.45) is 5.41 Å². The van der Waals surface area contributed by atoms with E-state index in [-0.39, 0.29) is 17.1 Å². The van der Waals surface area contributed by atoms with Gasteiger partial charge in [-0.2, -0.15) is 0 Å². The third kappa shape index (κ3) is 3.97. The van der Waals surface area contributed by atoms with Crippen LogP contribution in [0.25, 0.3) is 0 Å². The Hall–Kier alpha value is -1.09. The standard InChI is InChI=1S/C18H30N2O/c1-13-8-9-16(19-11-13)21-14-10-15(17(2,3)4)20(12-14)18(5,6)7/h8-9,11,14-15H,10,12H2,1-7H3/t14-,15+/m1/s1. The molecule has 118 valence electrons. The topological polar surface area (TPSA) is 25.4 Å². The van der Waals surface area contributed by atoms with Gasteiger partial charge in [0.2, 0.25) is 5.88 Å². The summed E-state index contributed by atoms with van der Waals surface area (Å²) in [4.78, 5) is 6.96. The number of ether oxygens (including phenoxy) is 1. The Morgan fingerprint density at radius 2 is 1.81 bits per heavy atom. The first kappa shape index (κ1) is 16.3. The van der Waals surface area contributed by atoms with Crippen LogP contribution in [-0.4, -0.2) is 34.1 Å². The first-order valence-corrected chi connectivity index (χ1v) is 7.93. The van der Waals surface area contributed by atoms with Gasteiger partial charge in [0.25, 0.3) is 0 Å². The second kappa shape index (κ2) is 5.60. The Morgan fingerprint density at radius 1 is 1.14 bits per heavy atom. The highest BCUT2D eigenvalue weighted by atomic mass is 16.5. The summed E-state index contributed by atoms with van der Waals surface area (Å²) in [5, 5.41) is 0. The molecule has 1 fully saturated rings. The lowest BCUT2D eigenvalue weighted by Crippen LogP contribution is -2.49. The second-order valence-electron chi connectivity index (χ2n) is 8.35. The third-order valence-electron chi connectivity index (χ3n) is 4.30. The molecule has 0 bridgehead atoms. The summed E-state index contributed by atoms with van der Waals surface area (Å²) in [6, 6.07) is 4.56. The molecule has 0 spiro atoms. The van der Waals surface area contributed by atoms with E-state index >= 15 is 0 Å². The largest absolute Gasteiger partial charge is 0.473 e. The van der Waals surface area contributed by atoms with Crippen LogP contribution < -0.4 is 4.74 Å². The molecule has 0 radical (unpaired) electrons. The maximum Gasteiger partial charge on any atom is 0.213 e. The quantitative estimate of drug-likeness (QED) is 0.821. The van der Waals surface area contributed by atoms with Crippen LogP contribution in [0.15, 0.2) is 18.3 Å². The van der Waals surface area contributed by atoms with Crippen LogP contribution in [0.1, 0.15) is 53.5 Å². The van der Waals surface area contributed by atoms with E-state index in [1.807, 2.05) is 19.2 Å². The number of rotatable bonds is 2. The Labute approximate surface area is 129 Å². The van der Waals surface area contributed by atoms with Gasteiger partial charge in [0.05, 0.1) is 0 Å². The number of aromatic nitrogens is 1. The highest BCUT2D eigenvalue weighted by Crippen LogP contribution is 2.38. The molecule has 1 aliphatic rings. The van der Waals surface area contributed by atoms with Gasteiger partial charge in [-0.1, -0.05) is 26.8 Å². The zero-order valence-corrected chi connectivity index (χ0v) is 14.6. The van der Waals surface area contributed by atoms with Crippen LogP contribution in [0.4, 0.5) is 0 Å². The van der Waals surface area contributed by atoms with Crippen LogP contribution in [0, 0.1) is 12.3 Å². The van der Waals surface area contributed by atoms with Crippen molar-refractivity contribution in [3.63, 3.8) is 0 Å². The van der Waals surface area contributed by atoms with Crippen molar-refractivity contribution in [3.8, 4) is 5.88 Å². The molecule has 0 saturated carbocycles. The second-order valence-corrected chi connectivity index (χ2v) is 8.35. The number of hydrogen-bond donors (Lipinski definition) is 0. The van der Waals surface area contributed by atoms with Gasteiger partial charge in [-0.05, 0) is 38.7 Å². The molecule has 0 N–H and O–H groups in total. The number of pyridine rings is 1. The van der Waals surface area contributed by atoms with Gasteiger partial charge in [-0.15, -0.1) is 0 Å². The van der Waals surface area contributed by atoms with Gasteiger partial charge in [0.1, 0.15) is 6.10 Å². The van der Waals surface area contributed by atoms with E-state index in [1.165, 1.54) is 0 Å². The SMILES string of the molecule is Cc1ccc(O[C@@H]2C[C@@H](C(C)(C)C)N(C(C)(C)C)C2)nc1. The highest BCUT2D eigenvalue weighted by molar-refractivity contribution is 5.17. The lowest BCUT2D eigenvalue weighted by molar-refractivity contribution is 0.0557. The van der Waals surface area contributed by atoms with Gasteiger partial charge in [0.15, 0.2) is 0 Å². The van der Waals surface area contributed by atoms with Crippen LogP contribution >= 0.6 is 0 Å². The number of aryl methyl sites for hydroxylation is 1. The average molecular weight is 290 g/mol. The predicted octanol–water partition coefficient (Wildman–Crippen LogP) is 4.06. The number of hydrogen-bond acceptors (Lipinski definition) is 3. The van der Waals surface area contributed by atoms with E-state index in [0.29, 0.717) is 6.04 Å². The number of likely N-dealkylation sites (tertiary alicyclic amines) is 1. The molecule has 3 nitrogen and oxygen atoms in total. The van der Waals surface area contributed by atoms with Crippen LogP contribution in [0.2, 0.25) is 0 Å². The smallest absolute Gasteiger partial charge is 0.213 e. The lowest BCUT2D eigenvalue weighted by Gasteiger charge is -2.42. The Balaban J connectivity index is 2.12. The molecule has 0 unspecified atom stereocenters. The fraction of sp³-hybridized carbons (Fsp3) is 0.722. The summed E-state index contributed by atoms with van der Waals surface area (Å²) >= 11 is 0. The highest BCUT2D eigenvalue weighted by Gasteiger charge is 2.44. The van der Waals surface area contributed by atoms with E-state index in [0.717, 1.165) is 24.4 Å². The van der Waals surface area contributed by atoms with Crippen molar-refractivity contribution >= 4 is 0 Å². The normalized spacial score (nSPS) is 24.3. The van der Waals surface area contributed by atoms with Crippen LogP contribution in [0.3, 0.4) is 0 Å². The molecule has 1 saturated heterocycles. The summed E-state index contributed by atoms with van der Waals surface area (Å²) in [5.74, 6) is 0.744. The van der Waals surface area contributed by atoms with Crippen LogP contribution in [-0.2, 0) is 0 Å². The molecule has 21 heavy (non-hydrogen) atoms. The zero-order chi connectivity index (χ0) is 15.8. The van der Waals surface area contributed by atoms with E-state index in [4.69, 9.17) is 4.74 Å². The van der Waals surface area contributed by atoms with Gasteiger partial charge in [-0.25, -0.2) is 4.98 Å². The maximum absolute atomic E-state index is 6.13. The molecular formula is C18H30N2O. The van der Waals surface area contributed by atoms with Gasteiger partial charge in [-0.3, -0.25) is 4.90 Å². The van der Waals surface area contributed by atoms with Gasteiger partial charge in [0, 0.05) is 36.8 Å². The lowest BCUT2D eigenvalue weighted by atomic mass is 9.83. The fourth-order valence-electron chi connectivity index (χ4n) is 3.14. The Kier molecular flexibility index (Phi) is 4.34. The third-order valence-corrected chi connectivity index (χ3v) is 4.30. The molecule has 1 aromatic rings. The molecule has 0 amide bonds. The Morgan fingerprint density at radius 3 is 2.24 bits per heavy atom. The first-order chi connectivity index (χ1) is 9.57.